The van der Waals surface area contributed by atoms with Crippen LogP contribution in [-0.2, 0) is 11.2 Å². The normalized spacial score (nSPS) is 17.1. The van der Waals surface area contributed by atoms with Crippen molar-refractivity contribution < 1.29 is 4.79 Å². The van der Waals surface area contributed by atoms with Gasteiger partial charge in [-0.1, -0.05) is 18.2 Å². The van der Waals surface area contributed by atoms with E-state index in [9.17, 15) is 4.79 Å². The summed E-state index contributed by atoms with van der Waals surface area (Å²) in [6, 6.07) is 16.7. The monoisotopic (exact) mass is 321 g/mol. The summed E-state index contributed by atoms with van der Waals surface area (Å²) in [6.07, 6.45) is 3.50. The lowest BCUT2D eigenvalue weighted by Gasteiger charge is -2.20. The zero-order valence-electron chi connectivity index (χ0n) is 13.9. The number of nitrogens with one attached hydrogen (secondary N) is 1. The molecule has 4 heteroatoms. The van der Waals surface area contributed by atoms with Crippen LogP contribution in [0.1, 0.15) is 18.4 Å². The summed E-state index contributed by atoms with van der Waals surface area (Å²) >= 11 is 0. The summed E-state index contributed by atoms with van der Waals surface area (Å²) in [5, 5.41) is 3.01. The predicted molar refractivity (Wildman–Crippen MR) is 97.9 cm³/mol. The number of nitrogens with zero attached hydrogens (tertiary/aromatic N) is 2. The average molecular weight is 321 g/mol. The summed E-state index contributed by atoms with van der Waals surface area (Å²) in [4.78, 5) is 16.7. The molecule has 0 saturated carbocycles. The first-order chi connectivity index (χ1) is 11.8. The van der Waals surface area contributed by atoms with Crippen LogP contribution < -0.4 is 10.2 Å². The molecule has 0 aromatic heterocycles. The van der Waals surface area contributed by atoms with E-state index in [1.165, 1.54) is 29.8 Å². The van der Waals surface area contributed by atoms with Crippen LogP contribution in [-0.4, -0.2) is 37.0 Å². The molecule has 1 amide bonds. The molecule has 1 N–H and O–H groups in total. The third-order valence-corrected chi connectivity index (χ3v) is 4.92. The Bertz CT molecular complexity index is 720. The van der Waals surface area contributed by atoms with Crippen LogP contribution >= 0.6 is 0 Å². The molecule has 4 nitrogen and oxygen atoms in total. The van der Waals surface area contributed by atoms with E-state index < -0.39 is 0 Å². The van der Waals surface area contributed by atoms with E-state index in [1.54, 1.807) is 0 Å². The van der Waals surface area contributed by atoms with E-state index in [-0.39, 0.29) is 5.91 Å². The minimum atomic E-state index is 0.0798. The number of fused-ring (bicyclic) bond motifs is 1. The molecule has 0 unspecified atom stereocenters. The van der Waals surface area contributed by atoms with E-state index >= 15 is 0 Å². The topological polar surface area (TPSA) is 35.6 Å². The molecule has 0 spiro atoms. The maximum atomic E-state index is 12.1. The van der Waals surface area contributed by atoms with Gasteiger partial charge in [-0.25, -0.2) is 0 Å². The number of amides is 1. The fourth-order valence-electron chi connectivity index (χ4n) is 3.68. The highest BCUT2D eigenvalue weighted by Gasteiger charge is 2.19. The van der Waals surface area contributed by atoms with E-state index in [0.29, 0.717) is 6.54 Å². The molecule has 0 radical (unpaired) electrons. The van der Waals surface area contributed by atoms with Crippen molar-refractivity contribution in [2.45, 2.75) is 19.3 Å². The summed E-state index contributed by atoms with van der Waals surface area (Å²) in [5.41, 5.74) is 4.75. The van der Waals surface area contributed by atoms with Gasteiger partial charge in [0.1, 0.15) is 0 Å². The Morgan fingerprint density at radius 1 is 0.958 bits per heavy atom. The van der Waals surface area contributed by atoms with Gasteiger partial charge in [0, 0.05) is 23.6 Å². The first-order valence-corrected chi connectivity index (χ1v) is 8.77. The van der Waals surface area contributed by atoms with Crippen molar-refractivity contribution in [2.75, 3.05) is 36.4 Å². The largest absolute Gasteiger partial charge is 0.341 e. The Morgan fingerprint density at radius 3 is 2.50 bits per heavy atom. The number of anilines is 3. The van der Waals surface area contributed by atoms with Crippen LogP contribution in [0.25, 0.3) is 0 Å². The molecule has 2 heterocycles. The minimum absolute atomic E-state index is 0.0798. The second-order valence-electron chi connectivity index (χ2n) is 6.61. The molecule has 2 aliphatic rings. The number of para-hydroxylation sites is 1. The number of benzene rings is 2. The molecule has 0 bridgehead atoms. The smallest absolute Gasteiger partial charge is 0.238 e. The Balaban J connectivity index is 1.41. The summed E-state index contributed by atoms with van der Waals surface area (Å²) in [5.74, 6) is 0.0798. The number of rotatable bonds is 4. The van der Waals surface area contributed by atoms with E-state index in [1.807, 2.05) is 12.1 Å². The van der Waals surface area contributed by atoms with Gasteiger partial charge in [-0.3, -0.25) is 9.69 Å². The second kappa shape index (κ2) is 6.65. The van der Waals surface area contributed by atoms with Crippen molar-refractivity contribution in [3.63, 3.8) is 0 Å². The van der Waals surface area contributed by atoms with Crippen molar-refractivity contribution >= 4 is 23.0 Å². The van der Waals surface area contributed by atoms with Crippen molar-refractivity contribution in [2.24, 2.45) is 0 Å². The van der Waals surface area contributed by atoms with Gasteiger partial charge in [-0.05, 0) is 68.2 Å². The number of likely N-dealkylation sites (tertiary alicyclic amines) is 1. The quantitative estimate of drug-likeness (QED) is 0.937. The van der Waals surface area contributed by atoms with Crippen LogP contribution in [0.4, 0.5) is 17.1 Å². The molecule has 124 valence electrons. The molecule has 2 aliphatic heterocycles. The highest BCUT2D eigenvalue weighted by molar-refractivity contribution is 5.92. The van der Waals surface area contributed by atoms with Crippen molar-refractivity contribution in [1.29, 1.82) is 0 Å². The molecule has 1 fully saturated rings. The Kier molecular flexibility index (Phi) is 4.22. The van der Waals surface area contributed by atoms with Crippen molar-refractivity contribution in [3.8, 4) is 0 Å². The Morgan fingerprint density at radius 2 is 1.71 bits per heavy atom. The lowest BCUT2D eigenvalue weighted by molar-refractivity contribution is -0.117. The highest BCUT2D eigenvalue weighted by atomic mass is 16.2. The number of hydrogen-bond donors (Lipinski definition) is 1. The van der Waals surface area contributed by atoms with Gasteiger partial charge >= 0.3 is 0 Å². The number of carbonyl (C=O) groups excluding carboxylic acids is 1. The van der Waals surface area contributed by atoms with Crippen molar-refractivity contribution in [3.05, 3.63) is 54.1 Å². The molecule has 2 aromatic carbocycles. The van der Waals surface area contributed by atoms with Gasteiger partial charge in [-0.15, -0.1) is 0 Å². The Labute approximate surface area is 143 Å². The van der Waals surface area contributed by atoms with Gasteiger partial charge < -0.3 is 10.2 Å². The molecule has 1 saturated heterocycles. The highest BCUT2D eigenvalue weighted by Crippen LogP contribution is 2.34. The van der Waals surface area contributed by atoms with Crippen LogP contribution in [0, 0.1) is 0 Å². The summed E-state index contributed by atoms with van der Waals surface area (Å²) in [7, 11) is 0. The molecule has 2 aromatic rings. The van der Waals surface area contributed by atoms with Crippen LogP contribution in [0.15, 0.2) is 48.5 Å². The summed E-state index contributed by atoms with van der Waals surface area (Å²) in [6.45, 7) is 3.60. The molecular weight excluding hydrogens is 298 g/mol. The molecule has 0 atom stereocenters. The first kappa shape index (κ1) is 15.2. The van der Waals surface area contributed by atoms with E-state index in [0.717, 1.165) is 31.7 Å². The molecule has 24 heavy (non-hydrogen) atoms. The van der Waals surface area contributed by atoms with Gasteiger partial charge in [0.25, 0.3) is 0 Å². The zero-order valence-corrected chi connectivity index (χ0v) is 13.9. The summed E-state index contributed by atoms with van der Waals surface area (Å²) < 4.78 is 0. The molecule has 0 aliphatic carbocycles. The van der Waals surface area contributed by atoms with Crippen molar-refractivity contribution in [1.82, 2.24) is 4.90 Å². The second-order valence-corrected chi connectivity index (χ2v) is 6.61. The molecule has 4 rings (SSSR count). The van der Waals surface area contributed by atoms with E-state index in [2.05, 4.69) is 51.5 Å². The zero-order chi connectivity index (χ0) is 16.4. The lowest BCUT2D eigenvalue weighted by Crippen LogP contribution is -2.30. The number of hydrogen-bond acceptors (Lipinski definition) is 3. The third kappa shape index (κ3) is 3.15. The fourth-order valence-corrected chi connectivity index (χ4v) is 3.68. The average Bonchev–Trinajstić information content (AvgIpc) is 3.25. The van der Waals surface area contributed by atoms with Gasteiger partial charge in [0.05, 0.1) is 6.54 Å². The lowest BCUT2D eigenvalue weighted by atomic mass is 10.2. The molecular formula is C20H23N3O. The van der Waals surface area contributed by atoms with E-state index in [4.69, 9.17) is 0 Å². The standard InChI is InChI=1S/C20H23N3O/c24-20(15-22-12-3-4-13-22)21-17-7-9-18(10-8-17)23-14-11-16-5-1-2-6-19(16)23/h1-2,5-10H,3-4,11-15H2,(H,21,24). The van der Waals surface area contributed by atoms with Crippen LogP contribution in [0.2, 0.25) is 0 Å². The van der Waals surface area contributed by atoms with Gasteiger partial charge in [0.2, 0.25) is 5.91 Å². The fraction of sp³-hybridized carbons (Fsp3) is 0.350. The first-order valence-electron chi connectivity index (χ1n) is 8.77. The maximum Gasteiger partial charge on any atom is 0.238 e. The van der Waals surface area contributed by atoms with Gasteiger partial charge in [0.15, 0.2) is 0 Å². The predicted octanol–water partition coefficient (Wildman–Crippen LogP) is 3.42. The SMILES string of the molecule is O=C(CN1CCCC1)Nc1ccc(N2CCc3ccccc32)cc1. The number of carbonyl (C=O) groups is 1. The van der Waals surface area contributed by atoms with Gasteiger partial charge in [-0.2, -0.15) is 0 Å². The Hall–Kier alpha value is -2.33. The minimum Gasteiger partial charge on any atom is -0.341 e. The third-order valence-electron chi connectivity index (χ3n) is 4.92. The maximum absolute atomic E-state index is 12.1. The van der Waals surface area contributed by atoms with Crippen LogP contribution in [0.5, 0.6) is 0 Å². The van der Waals surface area contributed by atoms with Crippen LogP contribution in [0.3, 0.4) is 0 Å².